The molecule has 2 heterocycles. The van der Waals surface area contributed by atoms with E-state index in [-0.39, 0.29) is 5.91 Å². The molecular formula is C13H16ClN3O. The number of amides is 1. The minimum atomic E-state index is 0.00997. The summed E-state index contributed by atoms with van der Waals surface area (Å²) in [5.74, 6) is 0.707. The van der Waals surface area contributed by atoms with Crippen LogP contribution in [-0.4, -0.2) is 33.6 Å². The first-order chi connectivity index (χ1) is 8.75. The van der Waals surface area contributed by atoms with Gasteiger partial charge in [0.25, 0.3) is 5.91 Å². The summed E-state index contributed by atoms with van der Waals surface area (Å²) in [6.45, 7) is 0.851. The molecule has 0 aromatic carbocycles. The van der Waals surface area contributed by atoms with Crippen LogP contribution in [0.2, 0.25) is 5.15 Å². The molecule has 1 aliphatic heterocycles. The van der Waals surface area contributed by atoms with Crippen molar-refractivity contribution >= 4 is 17.5 Å². The molecule has 0 spiro atoms. The van der Waals surface area contributed by atoms with E-state index in [2.05, 4.69) is 10.2 Å². The van der Waals surface area contributed by atoms with Crippen LogP contribution in [0.4, 0.5) is 0 Å². The molecule has 2 atom stereocenters. The van der Waals surface area contributed by atoms with Gasteiger partial charge in [-0.15, -0.1) is 10.2 Å². The van der Waals surface area contributed by atoms with Gasteiger partial charge in [-0.25, -0.2) is 0 Å². The average molecular weight is 266 g/mol. The van der Waals surface area contributed by atoms with E-state index in [9.17, 15) is 4.79 Å². The van der Waals surface area contributed by atoms with E-state index >= 15 is 0 Å². The molecule has 1 amide bonds. The summed E-state index contributed by atoms with van der Waals surface area (Å²) in [6.07, 6.45) is 6.01. The standard InChI is InChI=1S/C13H16ClN3O/c14-12-7-6-10(15-16-12)13(18)17-8-2-4-9-3-1-5-11(9)17/h6-7,9,11H,1-5,8H2. The van der Waals surface area contributed by atoms with Crippen molar-refractivity contribution in [3.8, 4) is 0 Å². The number of aromatic nitrogens is 2. The first-order valence-corrected chi connectivity index (χ1v) is 6.94. The van der Waals surface area contributed by atoms with Crippen molar-refractivity contribution in [3.05, 3.63) is 23.0 Å². The predicted molar refractivity (Wildman–Crippen MR) is 68.4 cm³/mol. The average Bonchev–Trinajstić information content (AvgIpc) is 2.87. The van der Waals surface area contributed by atoms with Gasteiger partial charge >= 0.3 is 0 Å². The molecule has 0 N–H and O–H groups in total. The van der Waals surface area contributed by atoms with Gasteiger partial charge in [0.05, 0.1) is 0 Å². The lowest BCUT2D eigenvalue weighted by Gasteiger charge is -2.37. The lowest BCUT2D eigenvalue weighted by atomic mass is 9.92. The number of piperidine rings is 1. The zero-order chi connectivity index (χ0) is 12.5. The van der Waals surface area contributed by atoms with Gasteiger partial charge in [-0.1, -0.05) is 18.0 Å². The molecule has 1 aromatic heterocycles. The fraction of sp³-hybridized carbons (Fsp3) is 0.615. The molecule has 2 unspecified atom stereocenters. The van der Waals surface area contributed by atoms with E-state index in [0.29, 0.717) is 22.8 Å². The third-order valence-corrected chi connectivity index (χ3v) is 4.31. The van der Waals surface area contributed by atoms with Crippen LogP contribution >= 0.6 is 11.6 Å². The summed E-state index contributed by atoms with van der Waals surface area (Å²) in [5.41, 5.74) is 0.409. The van der Waals surface area contributed by atoms with Gasteiger partial charge < -0.3 is 4.90 Å². The third-order valence-electron chi connectivity index (χ3n) is 4.11. The van der Waals surface area contributed by atoms with E-state index in [1.54, 1.807) is 12.1 Å². The largest absolute Gasteiger partial charge is 0.334 e. The molecule has 1 saturated heterocycles. The second kappa shape index (κ2) is 4.84. The summed E-state index contributed by atoms with van der Waals surface area (Å²) in [5, 5.41) is 7.97. The molecule has 5 heteroatoms. The number of fused-ring (bicyclic) bond motifs is 1. The summed E-state index contributed by atoms with van der Waals surface area (Å²) < 4.78 is 0. The van der Waals surface area contributed by atoms with E-state index < -0.39 is 0 Å². The van der Waals surface area contributed by atoms with Crippen molar-refractivity contribution in [3.63, 3.8) is 0 Å². The van der Waals surface area contributed by atoms with Gasteiger partial charge in [-0.2, -0.15) is 0 Å². The highest BCUT2D eigenvalue weighted by Gasteiger charge is 2.37. The summed E-state index contributed by atoms with van der Waals surface area (Å²) in [6, 6.07) is 3.71. The lowest BCUT2D eigenvalue weighted by Crippen LogP contribution is -2.46. The van der Waals surface area contributed by atoms with Crippen molar-refractivity contribution in [2.45, 2.75) is 38.1 Å². The highest BCUT2D eigenvalue weighted by molar-refractivity contribution is 6.29. The van der Waals surface area contributed by atoms with Crippen molar-refractivity contribution < 1.29 is 4.79 Å². The number of halogens is 1. The molecule has 3 rings (SSSR count). The van der Waals surface area contributed by atoms with Crippen LogP contribution in [0.25, 0.3) is 0 Å². The molecule has 96 valence electrons. The first-order valence-electron chi connectivity index (χ1n) is 6.56. The van der Waals surface area contributed by atoms with Gasteiger partial charge in [0, 0.05) is 12.6 Å². The topological polar surface area (TPSA) is 46.1 Å². The Morgan fingerprint density at radius 3 is 2.83 bits per heavy atom. The molecule has 2 fully saturated rings. The second-order valence-electron chi connectivity index (χ2n) is 5.14. The summed E-state index contributed by atoms with van der Waals surface area (Å²) >= 11 is 5.69. The maximum absolute atomic E-state index is 12.4. The Kier molecular flexibility index (Phi) is 3.20. The fourth-order valence-electron chi connectivity index (χ4n) is 3.28. The maximum atomic E-state index is 12.4. The van der Waals surface area contributed by atoms with Crippen LogP contribution in [0.15, 0.2) is 12.1 Å². The summed E-state index contributed by atoms with van der Waals surface area (Å²) in [4.78, 5) is 14.4. The number of hydrogen-bond donors (Lipinski definition) is 0. The van der Waals surface area contributed by atoms with Crippen LogP contribution in [-0.2, 0) is 0 Å². The van der Waals surface area contributed by atoms with Gasteiger partial charge in [-0.3, -0.25) is 4.79 Å². The fourth-order valence-corrected chi connectivity index (χ4v) is 3.38. The van der Waals surface area contributed by atoms with Gasteiger partial charge in [0.2, 0.25) is 0 Å². The van der Waals surface area contributed by atoms with Crippen LogP contribution < -0.4 is 0 Å². The number of rotatable bonds is 1. The number of hydrogen-bond acceptors (Lipinski definition) is 3. The molecule has 2 aliphatic rings. The van der Waals surface area contributed by atoms with Gasteiger partial charge in [-0.05, 0) is 43.7 Å². The van der Waals surface area contributed by atoms with Crippen molar-refractivity contribution in [2.75, 3.05) is 6.54 Å². The van der Waals surface area contributed by atoms with E-state index in [1.807, 2.05) is 4.90 Å². The molecule has 18 heavy (non-hydrogen) atoms. The molecule has 1 aliphatic carbocycles. The Morgan fingerprint density at radius 1 is 1.22 bits per heavy atom. The van der Waals surface area contributed by atoms with Crippen LogP contribution in [0, 0.1) is 5.92 Å². The van der Waals surface area contributed by atoms with Crippen LogP contribution in [0.3, 0.4) is 0 Å². The zero-order valence-electron chi connectivity index (χ0n) is 10.2. The Morgan fingerprint density at radius 2 is 2.06 bits per heavy atom. The number of carbonyl (C=O) groups is 1. The quantitative estimate of drug-likeness (QED) is 0.784. The lowest BCUT2D eigenvalue weighted by molar-refractivity contribution is 0.0541. The monoisotopic (exact) mass is 265 g/mol. The van der Waals surface area contributed by atoms with Gasteiger partial charge in [0.15, 0.2) is 10.8 Å². The van der Waals surface area contributed by atoms with E-state index in [1.165, 1.54) is 19.3 Å². The Balaban J connectivity index is 1.81. The van der Waals surface area contributed by atoms with Crippen molar-refractivity contribution in [1.82, 2.24) is 15.1 Å². The van der Waals surface area contributed by atoms with Gasteiger partial charge in [0.1, 0.15) is 0 Å². The molecule has 1 aromatic rings. The number of nitrogens with zero attached hydrogens (tertiary/aromatic N) is 3. The second-order valence-corrected chi connectivity index (χ2v) is 5.53. The van der Waals surface area contributed by atoms with E-state index in [4.69, 9.17) is 11.6 Å². The molecule has 1 saturated carbocycles. The molecular weight excluding hydrogens is 250 g/mol. The van der Waals surface area contributed by atoms with Crippen molar-refractivity contribution in [2.24, 2.45) is 5.92 Å². The van der Waals surface area contributed by atoms with Crippen LogP contribution in [0.1, 0.15) is 42.6 Å². The molecule has 0 radical (unpaired) electrons. The molecule has 4 nitrogen and oxygen atoms in total. The first kappa shape index (κ1) is 11.9. The Hall–Kier alpha value is -1.16. The number of likely N-dealkylation sites (tertiary alicyclic amines) is 1. The minimum absolute atomic E-state index is 0.00997. The zero-order valence-corrected chi connectivity index (χ0v) is 10.9. The van der Waals surface area contributed by atoms with Crippen LogP contribution in [0.5, 0.6) is 0 Å². The SMILES string of the molecule is O=C(c1ccc(Cl)nn1)N1CCCC2CCCC21. The smallest absolute Gasteiger partial charge is 0.274 e. The highest BCUT2D eigenvalue weighted by atomic mass is 35.5. The summed E-state index contributed by atoms with van der Waals surface area (Å²) in [7, 11) is 0. The Labute approximate surface area is 111 Å². The van der Waals surface area contributed by atoms with Crippen molar-refractivity contribution in [1.29, 1.82) is 0 Å². The van der Waals surface area contributed by atoms with E-state index in [0.717, 1.165) is 19.4 Å². The maximum Gasteiger partial charge on any atom is 0.274 e. The molecule has 0 bridgehead atoms. The normalized spacial score (nSPS) is 27.1. The third kappa shape index (κ3) is 2.09. The Bertz CT molecular complexity index is 448. The predicted octanol–water partition coefficient (Wildman–Crippen LogP) is 2.53. The number of carbonyl (C=O) groups excluding carboxylic acids is 1. The highest BCUT2D eigenvalue weighted by Crippen LogP contribution is 2.37. The minimum Gasteiger partial charge on any atom is -0.334 e.